The van der Waals surface area contributed by atoms with Gasteiger partial charge < -0.3 is 10.5 Å². The zero-order valence-electron chi connectivity index (χ0n) is 8.77. The van der Waals surface area contributed by atoms with Gasteiger partial charge in [-0.3, -0.25) is 4.72 Å². The number of benzene rings is 1. The Balaban J connectivity index is 2.24. The lowest BCUT2D eigenvalue weighted by atomic mass is 10.1. The van der Waals surface area contributed by atoms with Gasteiger partial charge in [-0.25, -0.2) is 8.42 Å². The molecule has 6 heteroatoms. The molecule has 1 aromatic rings. The van der Waals surface area contributed by atoms with Gasteiger partial charge in [0.1, 0.15) is 5.75 Å². The van der Waals surface area contributed by atoms with Gasteiger partial charge in [-0.15, -0.1) is 0 Å². The van der Waals surface area contributed by atoms with Crippen LogP contribution in [0.5, 0.6) is 5.75 Å². The minimum Gasteiger partial charge on any atom is -0.474 e. The van der Waals surface area contributed by atoms with Crippen LogP contribution in [-0.2, 0) is 16.4 Å². The topological polar surface area (TPSA) is 81.4 Å². The molecule has 88 valence electrons. The molecule has 0 atom stereocenters. The Hall–Kier alpha value is -1.27. The molecule has 1 aliphatic heterocycles. The van der Waals surface area contributed by atoms with Gasteiger partial charge in [0, 0.05) is 0 Å². The molecule has 0 unspecified atom stereocenters. The molecule has 0 bridgehead atoms. The van der Waals surface area contributed by atoms with Gasteiger partial charge in [0.05, 0.1) is 5.69 Å². The van der Waals surface area contributed by atoms with Crippen molar-refractivity contribution in [3.05, 3.63) is 23.8 Å². The summed E-state index contributed by atoms with van der Waals surface area (Å²) in [6.45, 7) is 0.624. The van der Waals surface area contributed by atoms with Gasteiger partial charge in [0.2, 0.25) is 5.94 Å². The van der Waals surface area contributed by atoms with Crippen molar-refractivity contribution in [2.75, 3.05) is 17.2 Å². The van der Waals surface area contributed by atoms with Gasteiger partial charge >= 0.3 is 0 Å². The molecule has 0 aliphatic carbocycles. The molecule has 5 nitrogen and oxygen atoms in total. The number of nitrogens with one attached hydrogen (secondary N) is 1. The highest BCUT2D eigenvalue weighted by atomic mass is 32.2. The summed E-state index contributed by atoms with van der Waals surface area (Å²) in [4.78, 5) is 0. The molecule has 1 aromatic carbocycles. The first-order chi connectivity index (χ1) is 7.61. The maximum Gasteiger partial charge on any atom is 0.268 e. The predicted molar refractivity (Wildman–Crippen MR) is 61.9 cm³/mol. The number of rotatable bonds is 3. The average Bonchev–Trinajstić information content (AvgIpc) is 2.24. The van der Waals surface area contributed by atoms with E-state index >= 15 is 0 Å². The van der Waals surface area contributed by atoms with E-state index in [4.69, 9.17) is 10.5 Å². The average molecular weight is 242 g/mol. The van der Waals surface area contributed by atoms with Crippen molar-refractivity contribution in [1.82, 2.24) is 0 Å². The summed E-state index contributed by atoms with van der Waals surface area (Å²) in [5.41, 5.74) is 6.99. The van der Waals surface area contributed by atoms with Crippen molar-refractivity contribution >= 4 is 15.7 Å². The van der Waals surface area contributed by atoms with Crippen LogP contribution in [-0.4, -0.2) is 20.9 Å². The largest absolute Gasteiger partial charge is 0.474 e. The molecular formula is C10H14N2O3S. The summed E-state index contributed by atoms with van der Waals surface area (Å²) < 4.78 is 30.2. The molecule has 16 heavy (non-hydrogen) atoms. The number of anilines is 1. The van der Waals surface area contributed by atoms with Crippen LogP contribution in [0, 0.1) is 0 Å². The third kappa shape index (κ3) is 2.45. The fraction of sp³-hybridized carbons (Fsp3) is 0.400. The maximum absolute atomic E-state index is 11.3. The van der Waals surface area contributed by atoms with E-state index in [2.05, 4.69) is 4.72 Å². The highest BCUT2D eigenvalue weighted by Crippen LogP contribution is 2.30. The minimum absolute atomic E-state index is 0.317. The van der Waals surface area contributed by atoms with Crippen molar-refractivity contribution in [2.45, 2.75) is 12.8 Å². The van der Waals surface area contributed by atoms with Crippen molar-refractivity contribution < 1.29 is 13.2 Å². The van der Waals surface area contributed by atoms with E-state index in [0.29, 0.717) is 18.0 Å². The van der Waals surface area contributed by atoms with Crippen molar-refractivity contribution in [3.8, 4) is 5.75 Å². The van der Waals surface area contributed by atoms with Crippen molar-refractivity contribution in [2.24, 2.45) is 5.73 Å². The molecular weight excluding hydrogens is 228 g/mol. The van der Waals surface area contributed by atoms with Gasteiger partial charge in [-0.2, -0.15) is 0 Å². The lowest BCUT2D eigenvalue weighted by Gasteiger charge is -2.19. The Labute approximate surface area is 94.6 Å². The zero-order chi connectivity index (χ0) is 11.6. The number of sulfonamides is 1. The number of nitrogens with two attached hydrogens (primary N) is 1. The van der Waals surface area contributed by atoms with E-state index in [1.54, 1.807) is 12.1 Å². The summed E-state index contributed by atoms with van der Waals surface area (Å²) in [5.74, 6) is 0.258. The van der Waals surface area contributed by atoms with E-state index in [9.17, 15) is 8.42 Å². The minimum atomic E-state index is -3.33. The number of hydrogen-bond acceptors (Lipinski definition) is 4. The maximum atomic E-state index is 11.3. The van der Waals surface area contributed by atoms with Crippen LogP contribution in [0.1, 0.15) is 12.0 Å². The van der Waals surface area contributed by atoms with E-state index in [1.807, 2.05) is 6.07 Å². The van der Waals surface area contributed by atoms with E-state index < -0.39 is 10.0 Å². The smallest absolute Gasteiger partial charge is 0.268 e. The fourth-order valence-corrected chi connectivity index (χ4v) is 2.42. The second-order valence-electron chi connectivity index (χ2n) is 3.70. The lowest BCUT2D eigenvalue weighted by molar-refractivity contribution is 0.374. The van der Waals surface area contributed by atoms with E-state index in [0.717, 1.165) is 18.4 Å². The Morgan fingerprint density at radius 2 is 2.25 bits per heavy atom. The predicted octanol–water partition coefficient (Wildman–Crippen LogP) is 0.669. The van der Waals surface area contributed by atoms with Crippen LogP contribution < -0.4 is 15.2 Å². The van der Waals surface area contributed by atoms with Crippen LogP contribution in [0.25, 0.3) is 0 Å². The number of fused-ring (bicyclic) bond motifs is 1. The summed E-state index contributed by atoms with van der Waals surface area (Å²) in [6.07, 6.45) is 1.72. The van der Waals surface area contributed by atoms with Gasteiger partial charge in [0.15, 0.2) is 0 Å². The highest BCUT2D eigenvalue weighted by Gasteiger charge is 2.21. The molecule has 0 amide bonds. The van der Waals surface area contributed by atoms with Crippen LogP contribution in [0.3, 0.4) is 0 Å². The van der Waals surface area contributed by atoms with Crippen molar-refractivity contribution in [1.29, 1.82) is 0 Å². The Kier molecular flexibility index (Phi) is 3.02. The molecule has 2 rings (SSSR count). The molecule has 3 N–H and O–H groups in total. The summed E-state index contributed by atoms with van der Waals surface area (Å²) in [5, 5.41) is 0. The Morgan fingerprint density at radius 3 is 3.00 bits per heavy atom. The van der Waals surface area contributed by atoms with Crippen molar-refractivity contribution in [3.63, 3.8) is 0 Å². The molecule has 1 aliphatic rings. The number of hydrogen-bond donors (Lipinski definition) is 2. The summed E-state index contributed by atoms with van der Waals surface area (Å²) >= 11 is 0. The standard InChI is InChI=1S/C10H14N2O3S/c11-5-1-2-8-3-4-10-9(6-8)12-16(13,14)7-15-10/h3-4,6,12H,1-2,5,7,11H2. The second-order valence-corrected chi connectivity index (χ2v) is 5.37. The fourth-order valence-electron chi connectivity index (χ4n) is 1.58. The lowest BCUT2D eigenvalue weighted by Crippen LogP contribution is -2.25. The second kappa shape index (κ2) is 4.31. The monoisotopic (exact) mass is 242 g/mol. The highest BCUT2D eigenvalue weighted by molar-refractivity contribution is 7.92. The molecule has 0 saturated heterocycles. The first-order valence-electron chi connectivity index (χ1n) is 5.07. The van der Waals surface area contributed by atoms with E-state index in [1.165, 1.54) is 0 Å². The zero-order valence-corrected chi connectivity index (χ0v) is 9.59. The Morgan fingerprint density at radius 1 is 1.44 bits per heavy atom. The van der Waals surface area contributed by atoms with Crippen LogP contribution >= 0.6 is 0 Å². The SMILES string of the molecule is NCCCc1ccc2c(c1)NS(=O)(=O)CO2. The summed E-state index contributed by atoms with van der Waals surface area (Å²) in [6, 6.07) is 5.50. The molecule has 0 saturated carbocycles. The third-order valence-corrected chi connectivity index (χ3v) is 3.31. The van der Waals surface area contributed by atoms with Crippen LogP contribution in [0.15, 0.2) is 18.2 Å². The molecule has 0 radical (unpaired) electrons. The first-order valence-corrected chi connectivity index (χ1v) is 6.72. The van der Waals surface area contributed by atoms with Gasteiger partial charge in [0.25, 0.3) is 10.0 Å². The Bertz CT molecular complexity index is 485. The summed E-state index contributed by atoms with van der Waals surface area (Å²) in [7, 11) is -3.33. The number of aryl methyl sites for hydroxylation is 1. The molecule has 0 spiro atoms. The molecule has 1 heterocycles. The normalized spacial score (nSPS) is 17.1. The molecule has 0 fully saturated rings. The first kappa shape index (κ1) is 11.2. The van der Waals surface area contributed by atoms with Gasteiger partial charge in [-0.05, 0) is 37.1 Å². The van der Waals surface area contributed by atoms with E-state index in [-0.39, 0.29) is 5.94 Å². The number of ether oxygens (including phenoxy) is 1. The molecule has 0 aromatic heterocycles. The van der Waals surface area contributed by atoms with Gasteiger partial charge in [-0.1, -0.05) is 6.07 Å². The third-order valence-electron chi connectivity index (χ3n) is 2.35. The quantitative estimate of drug-likeness (QED) is 0.816. The van der Waals surface area contributed by atoms with Crippen LogP contribution in [0.2, 0.25) is 0 Å². The van der Waals surface area contributed by atoms with Crippen LogP contribution in [0.4, 0.5) is 5.69 Å².